The molecule has 1 aromatic carbocycles. The number of aromatic amines is 1. The molecular formula is C13H14N2. The van der Waals surface area contributed by atoms with Gasteiger partial charge in [-0.15, -0.1) is 0 Å². The third kappa shape index (κ3) is 1.18. The van der Waals surface area contributed by atoms with E-state index in [1.165, 1.54) is 27.2 Å². The summed E-state index contributed by atoms with van der Waals surface area (Å²) in [5, 5.41) is 7.32. The number of rotatable bonds is 0. The van der Waals surface area contributed by atoms with E-state index in [0.717, 1.165) is 0 Å². The Labute approximate surface area is 88.3 Å². The van der Waals surface area contributed by atoms with Gasteiger partial charge in [0.05, 0.1) is 5.35 Å². The Balaban J connectivity index is 2.57. The predicted molar refractivity (Wildman–Crippen MR) is 63.7 cm³/mol. The monoisotopic (exact) mass is 198 g/mol. The minimum absolute atomic E-state index is 0.414. The minimum Gasteiger partial charge on any atom is -0.381 e. The highest BCUT2D eigenvalue weighted by Gasteiger charge is 2.09. The van der Waals surface area contributed by atoms with Crippen molar-refractivity contribution >= 4 is 22.7 Å². The quantitative estimate of drug-likeness (QED) is 0.651. The molecule has 1 aromatic heterocycles. The van der Waals surface area contributed by atoms with Crippen LogP contribution >= 0.6 is 0 Å². The van der Waals surface area contributed by atoms with Gasteiger partial charge in [-0.2, -0.15) is 0 Å². The third-order valence-corrected chi connectivity index (χ3v) is 2.98. The molecule has 15 heavy (non-hydrogen) atoms. The Bertz CT molecular complexity index is 634. The van der Waals surface area contributed by atoms with Crippen molar-refractivity contribution < 1.29 is 0 Å². The first-order valence-electron chi connectivity index (χ1n) is 5.32. The van der Waals surface area contributed by atoms with Crippen LogP contribution in [0.3, 0.4) is 0 Å². The van der Waals surface area contributed by atoms with Crippen LogP contribution in [0.2, 0.25) is 0 Å². The summed E-state index contributed by atoms with van der Waals surface area (Å²) in [6.45, 7) is 4.30. The summed E-state index contributed by atoms with van der Waals surface area (Å²) in [5.74, 6) is 0. The van der Waals surface area contributed by atoms with Crippen LogP contribution in [0.15, 0.2) is 24.3 Å². The molecule has 0 aliphatic carbocycles. The summed E-state index contributed by atoms with van der Waals surface area (Å²) in [4.78, 5) is 3.46. The lowest BCUT2D eigenvalue weighted by atomic mass is 10.1. The van der Waals surface area contributed by atoms with Crippen LogP contribution in [0, 0.1) is 0 Å². The minimum atomic E-state index is 0.414. The number of para-hydroxylation sites is 1. The third-order valence-electron chi connectivity index (χ3n) is 2.98. The average molecular weight is 198 g/mol. The van der Waals surface area contributed by atoms with Crippen molar-refractivity contribution in [2.75, 3.05) is 0 Å². The Morgan fingerprint density at radius 1 is 1.20 bits per heavy atom. The molecule has 1 aliphatic rings. The van der Waals surface area contributed by atoms with Crippen molar-refractivity contribution in [1.29, 1.82) is 0 Å². The Morgan fingerprint density at radius 3 is 2.87 bits per heavy atom. The SMILES string of the molecule is CC1=c2[nH]c3ccccc3c2=CC(C)N1. The zero-order valence-corrected chi connectivity index (χ0v) is 8.96. The van der Waals surface area contributed by atoms with Gasteiger partial charge in [0.15, 0.2) is 0 Å². The lowest BCUT2D eigenvalue weighted by molar-refractivity contribution is 0.797. The fourth-order valence-electron chi connectivity index (χ4n) is 2.34. The van der Waals surface area contributed by atoms with Gasteiger partial charge in [-0.3, -0.25) is 0 Å². The molecule has 1 atom stereocenters. The maximum atomic E-state index is 3.46. The maximum Gasteiger partial charge on any atom is 0.0652 e. The molecule has 0 fully saturated rings. The zero-order valence-electron chi connectivity index (χ0n) is 8.96. The van der Waals surface area contributed by atoms with Crippen LogP contribution in [-0.4, -0.2) is 11.0 Å². The molecular weight excluding hydrogens is 184 g/mol. The Kier molecular flexibility index (Phi) is 1.66. The van der Waals surface area contributed by atoms with E-state index in [9.17, 15) is 0 Å². The number of benzene rings is 1. The zero-order chi connectivity index (χ0) is 10.4. The summed E-state index contributed by atoms with van der Waals surface area (Å²) in [7, 11) is 0. The van der Waals surface area contributed by atoms with E-state index in [0.29, 0.717) is 6.04 Å². The fraction of sp³-hybridized carbons (Fsp3) is 0.231. The van der Waals surface area contributed by atoms with Crippen LogP contribution in [0.25, 0.3) is 22.7 Å². The highest BCUT2D eigenvalue weighted by atomic mass is 14.9. The van der Waals surface area contributed by atoms with Gasteiger partial charge in [0.2, 0.25) is 0 Å². The lowest BCUT2D eigenvalue weighted by Crippen LogP contribution is -2.40. The number of hydrogen-bond donors (Lipinski definition) is 2. The second kappa shape index (κ2) is 2.89. The molecule has 3 rings (SSSR count). The number of nitrogens with one attached hydrogen (secondary N) is 2. The van der Waals surface area contributed by atoms with Gasteiger partial charge in [-0.05, 0) is 19.9 Å². The maximum absolute atomic E-state index is 3.46. The van der Waals surface area contributed by atoms with Crippen LogP contribution in [0.1, 0.15) is 13.8 Å². The molecule has 1 unspecified atom stereocenters. The molecule has 0 saturated heterocycles. The van der Waals surface area contributed by atoms with Gasteiger partial charge in [0.1, 0.15) is 0 Å². The van der Waals surface area contributed by atoms with Crippen molar-refractivity contribution in [3.05, 3.63) is 34.8 Å². The highest BCUT2D eigenvalue weighted by Crippen LogP contribution is 2.06. The molecule has 2 N–H and O–H groups in total. The summed E-state index contributed by atoms with van der Waals surface area (Å²) in [6, 6.07) is 8.87. The van der Waals surface area contributed by atoms with Crippen molar-refractivity contribution in [2.45, 2.75) is 19.9 Å². The van der Waals surface area contributed by atoms with E-state index in [-0.39, 0.29) is 0 Å². The molecule has 76 valence electrons. The second-order valence-electron chi connectivity index (χ2n) is 4.18. The van der Waals surface area contributed by atoms with E-state index >= 15 is 0 Å². The number of hydrogen-bond acceptors (Lipinski definition) is 1. The van der Waals surface area contributed by atoms with E-state index in [4.69, 9.17) is 0 Å². The number of aromatic nitrogens is 1. The molecule has 2 aromatic rings. The molecule has 0 spiro atoms. The smallest absolute Gasteiger partial charge is 0.0652 e. The first-order valence-corrected chi connectivity index (χ1v) is 5.32. The van der Waals surface area contributed by atoms with Gasteiger partial charge in [-0.1, -0.05) is 24.3 Å². The Morgan fingerprint density at radius 2 is 2.00 bits per heavy atom. The molecule has 0 bridgehead atoms. The Hall–Kier alpha value is -1.70. The summed E-state index contributed by atoms with van der Waals surface area (Å²) in [5.41, 5.74) is 2.45. The van der Waals surface area contributed by atoms with Gasteiger partial charge in [-0.25, -0.2) is 0 Å². The molecule has 2 heterocycles. The van der Waals surface area contributed by atoms with Crippen LogP contribution in [-0.2, 0) is 0 Å². The predicted octanol–water partition coefficient (Wildman–Crippen LogP) is 1.07. The average Bonchev–Trinajstić information content (AvgIpc) is 2.57. The normalized spacial score (nSPS) is 19.6. The second-order valence-corrected chi connectivity index (χ2v) is 4.18. The van der Waals surface area contributed by atoms with Crippen LogP contribution in [0.5, 0.6) is 0 Å². The van der Waals surface area contributed by atoms with E-state index < -0.39 is 0 Å². The van der Waals surface area contributed by atoms with E-state index in [1.807, 2.05) is 0 Å². The van der Waals surface area contributed by atoms with E-state index in [2.05, 4.69) is 54.5 Å². The van der Waals surface area contributed by atoms with Crippen LogP contribution in [0.4, 0.5) is 0 Å². The van der Waals surface area contributed by atoms with Crippen molar-refractivity contribution in [2.24, 2.45) is 0 Å². The van der Waals surface area contributed by atoms with Gasteiger partial charge >= 0.3 is 0 Å². The first kappa shape index (κ1) is 8.60. The largest absolute Gasteiger partial charge is 0.381 e. The van der Waals surface area contributed by atoms with Crippen molar-refractivity contribution in [3.63, 3.8) is 0 Å². The van der Waals surface area contributed by atoms with Gasteiger partial charge in [0, 0.05) is 27.9 Å². The summed E-state index contributed by atoms with van der Waals surface area (Å²) < 4.78 is 0. The number of H-pyrrole nitrogens is 1. The summed E-state index contributed by atoms with van der Waals surface area (Å²) >= 11 is 0. The molecule has 0 radical (unpaired) electrons. The number of fused-ring (bicyclic) bond motifs is 3. The molecule has 1 aliphatic heterocycles. The van der Waals surface area contributed by atoms with Crippen molar-refractivity contribution in [3.8, 4) is 0 Å². The lowest BCUT2D eigenvalue weighted by Gasteiger charge is -2.14. The topological polar surface area (TPSA) is 27.8 Å². The van der Waals surface area contributed by atoms with Gasteiger partial charge < -0.3 is 10.3 Å². The van der Waals surface area contributed by atoms with Crippen LogP contribution < -0.4 is 15.9 Å². The van der Waals surface area contributed by atoms with E-state index in [1.54, 1.807) is 0 Å². The highest BCUT2D eigenvalue weighted by molar-refractivity contribution is 5.82. The molecule has 2 nitrogen and oxygen atoms in total. The summed E-state index contributed by atoms with van der Waals surface area (Å²) in [6.07, 6.45) is 2.28. The molecule has 2 heteroatoms. The molecule has 0 amide bonds. The fourth-order valence-corrected chi connectivity index (χ4v) is 2.34. The standard InChI is InChI=1S/C13H14N2/c1-8-7-11-10-5-3-4-6-12(10)15-13(11)9(2)14-8/h3-8,14-15H,1-2H3. The first-order chi connectivity index (χ1) is 7.25. The van der Waals surface area contributed by atoms with Crippen molar-refractivity contribution in [1.82, 2.24) is 10.3 Å². The van der Waals surface area contributed by atoms with Gasteiger partial charge in [0.25, 0.3) is 0 Å². The molecule has 0 saturated carbocycles.